The molecule has 0 saturated carbocycles. The minimum Gasteiger partial charge on any atom is -0.478 e. The Bertz CT molecular complexity index is 870. The maximum absolute atomic E-state index is 13.7. The molecule has 1 unspecified atom stereocenters. The average molecular weight is 389 g/mol. The Kier molecular flexibility index (Phi) is 6.17. The number of pyridine rings is 1. The third-order valence-electron chi connectivity index (χ3n) is 4.20. The molecule has 0 aliphatic carbocycles. The van der Waals surface area contributed by atoms with Crippen LogP contribution in [0.15, 0.2) is 36.5 Å². The van der Waals surface area contributed by atoms with Gasteiger partial charge in [-0.1, -0.05) is 12.1 Å². The summed E-state index contributed by atoms with van der Waals surface area (Å²) in [5.41, 5.74) is -0.0827. The molecule has 3 rings (SSSR count). The fourth-order valence-corrected chi connectivity index (χ4v) is 2.87. The second kappa shape index (κ2) is 8.77. The van der Waals surface area contributed by atoms with Crippen LogP contribution in [0.5, 0.6) is 0 Å². The van der Waals surface area contributed by atoms with E-state index in [0.717, 1.165) is 0 Å². The first-order valence-corrected chi connectivity index (χ1v) is 8.65. The molecular formula is C19H20FN3O5. The number of aromatic nitrogens is 1. The van der Waals surface area contributed by atoms with Crippen molar-refractivity contribution >= 4 is 23.4 Å². The van der Waals surface area contributed by atoms with Gasteiger partial charge in [-0.25, -0.2) is 14.2 Å². The molecule has 1 fully saturated rings. The fourth-order valence-electron chi connectivity index (χ4n) is 2.87. The maximum atomic E-state index is 13.7. The van der Waals surface area contributed by atoms with Gasteiger partial charge in [0.25, 0.3) is 5.91 Å². The normalized spacial score (nSPS) is 16.4. The standard InChI is InChI=1S/C19H20FN3O5/c1-23(10-13-11-27-6-7-28-13)17-15(19(25)26)8-12(9-21-17)22-18(24)14-4-2-3-5-16(14)20/h2-5,8-9,13H,6-7,10-11H2,1H3,(H,22,24)(H,25,26). The summed E-state index contributed by atoms with van der Waals surface area (Å²) in [7, 11) is 1.70. The first-order chi connectivity index (χ1) is 13.5. The Labute approximate surface area is 160 Å². The first-order valence-electron chi connectivity index (χ1n) is 8.65. The van der Waals surface area contributed by atoms with Crippen molar-refractivity contribution in [3.63, 3.8) is 0 Å². The van der Waals surface area contributed by atoms with Crippen LogP contribution in [-0.2, 0) is 9.47 Å². The van der Waals surface area contributed by atoms with Crippen LogP contribution in [0.2, 0.25) is 0 Å². The molecule has 2 heterocycles. The van der Waals surface area contributed by atoms with Crippen LogP contribution in [0.25, 0.3) is 0 Å². The summed E-state index contributed by atoms with van der Waals surface area (Å²) >= 11 is 0. The summed E-state index contributed by atoms with van der Waals surface area (Å²) in [4.78, 5) is 29.7. The Morgan fingerprint density at radius 1 is 1.32 bits per heavy atom. The summed E-state index contributed by atoms with van der Waals surface area (Å²) in [5, 5.41) is 12.0. The smallest absolute Gasteiger partial charge is 0.339 e. The van der Waals surface area contributed by atoms with Crippen LogP contribution in [-0.4, -0.2) is 61.5 Å². The summed E-state index contributed by atoms with van der Waals surface area (Å²) in [6.45, 7) is 1.84. The molecule has 0 spiro atoms. The minimum absolute atomic E-state index is 0.0921. The number of carbonyl (C=O) groups is 2. The average Bonchev–Trinajstić information content (AvgIpc) is 2.69. The van der Waals surface area contributed by atoms with Crippen molar-refractivity contribution in [3.05, 3.63) is 53.5 Å². The van der Waals surface area contributed by atoms with Gasteiger partial charge in [-0.05, 0) is 18.2 Å². The zero-order chi connectivity index (χ0) is 20.1. The molecule has 1 aromatic heterocycles. The lowest BCUT2D eigenvalue weighted by molar-refractivity contribution is -0.0837. The topological polar surface area (TPSA) is 101 Å². The number of nitrogens with one attached hydrogen (secondary N) is 1. The molecule has 2 N–H and O–H groups in total. The van der Waals surface area contributed by atoms with Crippen LogP contribution in [0.3, 0.4) is 0 Å². The van der Waals surface area contributed by atoms with Gasteiger partial charge in [0, 0.05) is 13.6 Å². The molecule has 1 saturated heterocycles. The molecule has 1 aromatic carbocycles. The Morgan fingerprint density at radius 2 is 2.11 bits per heavy atom. The minimum atomic E-state index is -1.20. The van der Waals surface area contributed by atoms with Crippen LogP contribution in [0, 0.1) is 5.82 Å². The van der Waals surface area contributed by atoms with Crippen molar-refractivity contribution in [1.29, 1.82) is 0 Å². The van der Waals surface area contributed by atoms with E-state index in [0.29, 0.717) is 26.4 Å². The van der Waals surface area contributed by atoms with Crippen molar-refractivity contribution < 1.29 is 28.6 Å². The van der Waals surface area contributed by atoms with Gasteiger partial charge < -0.3 is 24.8 Å². The number of benzene rings is 1. The molecule has 1 atom stereocenters. The molecule has 1 amide bonds. The van der Waals surface area contributed by atoms with E-state index in [9.17, 15) is 19.1 Å². The fraction of sp³-hybridized carbons (Fsp3) is 0.316. The second-order valence-corrected chi connectivity index (χ2v) is 6.28. The summed E-state index contributed by atoms with van der Waals surface area (Å²) in [5.74, 6) is -2.33. The second-order valence-electron chi connectivity index (χ2n) is 6.28. The highest BCUT2D eigenvalue weighted by atomic mass is 19.1. The predicted molar refractivity (Wildman–Crippen MR) is 99.4 cm³/mol. The molecule has 9 heteroatoms. The molecule has 8 nitrogen and oxygen atoms in total. The Balaban J connectivity index is 1.78. The Morgan fingerprint density at radius 3 is 2.79 bits per heavy atom. The van der Waals surface area contributed by atoms with Gasteiger partial charge in [-0.15, -0.1) is 0 Å². The van der Waals surface area contributed by atoms with E-state index in [4.69, 9.17) is 9.47 Å². The third kappa shape index (κ3) is 4.62. The molecule has 0 radical (unpaired) electrons. The summed E-state index contributed by atoms with van der Waals surface area (Å²) < 4.78 is 24.7. The quantitative estimate of drug-likeness (QED) is 0.779. The number of ether oxygens (including phenoxy) is 2. The lowest BCUT2D eigenvalue weighted by atomic mass is 10.2. The molecule has 0 bridgehead atoms. The zero-order valence-electron chi connectivity index (χ0n) is 15.2. The van der Waals surface area contributed by atoms with E-state index in [-0.39, 0.29) is 28.7 Å². The lowest BCUT2D eigenvalue weighted by Crippen LogP contribution is -2.39. The molecular weight excluding hydrogens is 369 g/mol. The molecule has 148 valence electrons. The number of amides is 1. The highest BCUT2D eigenvalue weighted by Gasteiger charge is 2.22. The predicted octanol–water partition coefficient (Wildman–Crippen LogP) is 2.02. The molecule has 28 heavy (non-hydrogen) atoms. The molecule has 2 aromatic rings. The van der Waals surface area contributed by atoms with Crippen molar-refractivity contribution in [3.8, 4) is 0 Å². The molecule has 1 aliphatic rings. The van der Waals surface area contributed by atoms with E-state index in [2.05, 4.69) is 10.3 Å². The Hall–Kier alpha value is -3.04. The van der Waals surface area contributed by atoms with Crippen molar-refractivity contribution in [1.82, 2.24) is 4.98 Å². The number of aromatic carboxylic acids is 1. The van der Waals surface area contributed by atoms with Crippen LogP contribution < -0.4 is 10.2 Å². The number of hydrogen-bond acceptors (Lipinski definition) is 6. The number of halogens is 1. The number of nitrogens with zero attached hydrogens (tertiary/aromatic N) is 2. The van der Waals surface area contributed by atoms with E-state index in [1.807, 2.05) is 0 Å². The van der Waals surface area contributed by atoms with Gasteiger partial charge in [0.15, 0.2) is 0 Å². The number of carboxylic acid groups (broad SMARTS) is 1. The van der Waals surface area contributed by atoms with Gasteiger partial charge in [0.05, 0.1) is 43.4 Å². The van der Waals surface area contributed by atoms with Crippen molar-refractivity contribution in [2.24, 2.45) is 0 Å². The van der Waals surface area contributed by atoms with Crippen LogP contribution in [0.1, 0.15) is 20.7 Å². The van der Waals surface area contributed by atoms with E-state index in [1.165, 1.54) is 36.5 Å². The van der Waals surface area contributed by atoms with Gasteiger partial charge in [-0.3, -0.25) is 4.79 Å². The van der Waals surface area contributed by atoms with Gasteiger partial charge in [-0.2, -0.15) is 0 Å². The van der Waals surface area contributed by atoms with Crippen LogP contribution in [0.4, 0.5) is 15.9 Å². The third-order valence-corrected chi connectivity index (χ3v) is 4.20. The number of carbonyl (C=O) groups excluding carboxylic acids is 1. The largest absolute Gasteiger partial charge is 0.478 e. The lowest BCUT2D eigenvalue weighted by Gasteiger charge is -2.28. The van der Waals surface area contributed by atoms with Crippen molar-refractivity contribution in [2.45, 2.75) is 6.10 Å². The highest BCUT2D eigenvalue weighted by Crippen LogP contribution is 2.22. The summed E-state index contributed by atoms with van der Waals surface area (Å²) in [6, 6.07) is 6.81. The zero-order valence-corrected chi connectivity index (χ0v) is 15.2. The highest BCUT2D eigenvalue weighted by molar-refractivity contribution is 6.05. The number of hydrogen-bond donors (Lipinski definition) is 2. The number of anilines is 2. The van der Waals surface area contributed by atoms with Crippen LogP contribution >= 0.6 is 0 Å². The SMILES string of the molecule is CN(CC1COCCO1)c1ncc(NC(=O)c2ccccc2F)cc1C(=O)O. The van der Waals surface area contributed by atoms with E-state index in [1.54, 1.807) is 11.9 Å². The van der Waals surface area contributed by atoms with Gasteiger partial charge in [0.1, 0.15) is 17.2 Å². The molecule has 1 aliphatic heterocycles. The van der Waals surface area contributed by atoms with E-state index < -0.39 is 17.7 Å². The number of carboxylic acids is 1. The van der Waals surface area contributed by atoms with Crippen molar-refractivity contribution in [2.75, 3.05) is 43.6 Å². The summed E-state index contributed by atoms with van der Waals surface area (Å²) in [6.07, 6.45) is 1.14. The van der Waals surface area contributed by atoms with Gasteiger partial charge >= 0.3 is 5.97 Å². The number of rotatable bonds is 6. The van der Waals surface area contributed by atoms with Gasteiger partial charge in [0.2, 0.25) is 0 Å². The monoisotopic (exact) mass is 389 g/mol. The number of likely N-dealkylation sites (N-methyl/N-ethyl adjacent to an activating group) is 1. The van der Waals surface area contributed by atoms with E-state index >= 15 is 0 Å². The first kappa shape index (κ1) is 19.7. The maximum Gasteiger partial charge on any atom is 0.339 e.